The molecular formula is C13H19ClF2N2O2. The lowest BCUT2D eigenvalue weighted by Gasteiger charge is -2.19. The number of nitrogens with two attached hydrogens (primary N) is 1. The van der Waals surface area contributed by atoms with E-state index in [-0.39, 0.29) is 12.4 Å². The second-order valence-electron chi connectivity index (χ2n) is 4.02. The van der Waals surface area contributed by atoms with E-state index in [4.69, 9.17) is 10.5 Å². The Labute approximate surface area is 123 Å². The average Bonchev–Trinajstić information content (AvgIpc) is 2.43. The molecule has 0 aliphatic rings. The van der Waals surface area contributed by atoms with Crippen molar-refractivity contribution in [2.75, 3.05) is 19.7 Å². The summed E-state index contributed by atoms with van der Waals surface area (Å²) in [5, 5.41) is 2.16. The van der Waals surface area contributed by atoms with Gasteiger partial charge < -0.3 is 15.8 Å². The zero-order valence-electron chi connectivity index (χ0n) is 11.1. The second kappa shape index (κ2) is 8.84. The molecule has 0 aliphatic carbocycles. The van der Waals surface area contributed by atoms with Gasteiger partial charge in [-0.25, -0.2) is 8.78 Å². The third kappa shape index (κ3) is 5.81. The molecule has 0 saturated carbocycles. The highest BCUT2D eigenvalue weighted by Gasteiger charge is 2.29. The lowest BCUT2D eigenvalue weighted by Crippen LogP contribution is -2.43. The summed E-state index contributed by atoms with van der Waals surface area (Å²) in [5.41, 5.74) is 5.53. The third-order valence-electron chi connectivity index (χ3n) is 2.49. The summed E-state index contributed by atoms with van der Waals surface area (Å²) in [7, 11) is 0. The molecule has 1 rings (SSSR count). The highest BCUT2D eigenvalue weighted by molar-refractivity contribution is 5.85. The molecule has 20 heavy (non-hydrogen) atoms. The molecule has 1 atom stereocenters. The molecule has 0 saturated heterocycles. The van der Waals surface area contributed by atoms with Crippen molar-refractivity contribution < 1.29 is 18.3 Å². The zero-order chi connectivity index (χ0) is 14.3. The number of halogens is 3. The topological polar surface area (TPSA) is 64.3 Å². The van der Waals surface area contributed by atoms with Crippen LogP contribution in [0.5, 0.6) is 0 Å². The van der Waals surface area contributed by atoms with Gasteiger partial charge in [-0.05, 0) is 12.5 Å². The lowest BCUT2D eigenvalue weighted by atomic mass is 10.1. The largest absolute Gasteiger partial charge is 0.364 e. The van der Waals surface area contributed by atoms with Gasteiger partial charge in [0.25, 0.3) is 11.8 Å². The van der Waals surface area contributed by atoms with E-state index in [2.05, 4.69) is 5.32 Å². The molecule has 1 aromatic rings. The van der Waals surface area contributed by atoms with Crippen molar-refractivity contribution in [2.45, 2.75) is 19.0 Å². The molecule has 0 bridgehead atoms. The minimum Gasteiger partial charge on any atom is -0.364 e. The minimum atomic E-state index is -3.11. The molecule has 7 heteroatoms. The van der Waals surface area contributed by atoms with Crippen molar-refractivity contribution in [2.24, 2.45) is 5.73 Å². The highest BCUT2D eigenvalue weighted by Crippen LogP contribution is 2.18. The van der Waals surface area contributed by atoms with Crippen LogP contribution in [-0.4, -0.2) is 31.5 Å². The first-order valence-electron chi connectivity index (χ1n) is 6.02. The van der Waals surface area contributed by atoms with Crippen molar-refractivity contribution in [3.8, 4) is 0 Å². The van der Waals surface area contributed by atoms with Crippen LogP contribution in [0.2, 0.25) is 0 Å². The first kappa shape index (κ1) is 18.8. The van der Waals surface area contributed by atoms with Gasteiger partial charge in [-0.2, -0.15) is 0 Å². The standard InChI is InChI=1S/C13H18F2N2O2.ClH/c1-2-19-11(10-6-4-3-5-7-10)12(18)17-9-13(14,15)8-16;/h3-7,11H,2,8-9,16H2,1H3,(H,17,18);1H. The van der Waals surface area contributed by atoms with Gasteiger partial charge in [0.15, 0.2) is 6.10 Å². The maximum atomic E-state index is 13.0. The van der Waals surface area contributed by atoms with E-state index in [1.54, 1.807) is 37.3 Å². The third-order valence-corrected chi connectivity index (χ3v) is 2.49. The zero-order valence-corrected chi connectivity index (χ0v) is 12.0. The van der Waals surface area contributed by atoms with Gasteiger partial charge >= 0.3 is 0 Å². The summed E-state index contributed by atoms with van der Waals surface area (Å²) in [5.74, 6) is -3.70. The van der Waals surface area contributed by atoms with Crippen LogP contribution < -0.4 is 11.1 Å². The summed E-state index contributed by atoms with van der Waals surface area (Å²) in [6.45, 7) is 0.439. The van der Waals surface area contributed by atoms with Crippen molar-refractivity contribution in [1.82, 2.24) is 5.32 Å². The summed E-state index contributed by atoms with van der Waals surface area (Å²) < 4.78 is 31.3. The van der Waals surface area contributed by atoms with Crippen LogP contribution in [-0.2, 0) is 9.53 Å². The van der Waals surface area contributed by atoms with Crippen molar-refractivity contribution in [3.05, 3.63) is 35.9 Å². The summed E-state index contributed by atoms with van der Waals surface area (Å²) >= 11 is 0. The van der Waals surface area contributed by atoms with Crippen LogP contribution in [0.15, 0.2) is 30.3 Å². The van der Waals surface area contributed by atoms with Gasteiger partial charge in [0.05, 0.1) is 13.1 Å². The Morgan fingerprint density at radius 3 is 2.50 bits per heavy atom. The Hall–Kier alpha value is -1.24. The molecule has 1 aromatic carbocycles. The summed E-state index contributed by atoms with van der Waals surface area (Å²) in [6.07, 6.45) is -0.889. The highest BCUT2D eigenvalue weighted by atomic mass is 35.5. The number of amides is 1. The second-order valence-corrected chi connectivity index (χ2v) is 4.02. The van der Waals surface area contributed by atoms with Crippen LogP contribution in [0.25, 0.3) is 0 Å². The fourth-order valence-corrected chi connectivity index (χ4v) is 1.50. The first-order valence-corrected chi connectivity index (χ1v) is 6.02. The van der Waals surface area contributed by atoms with Crippen LogP contribution in [0.4, 0.5) is 8.78 Å². The van der Waals surface area contributed by atoms with E-state index in [9.17, 15) is 13.6 Å². The molecule has 0 fully saturated rings. The van der Waals surface area contributed by atoms with Crippen LogP contribution in [0.1, 0.15) is 18.6 Å². The fourth-order valence-electron chi connectivity index (χ4n) is 1.50. The van der Waals surface area contributed by atoms with Crippen molar-refractivity contribution in [1.29, 1.82) is 0 Å². The molecule has 0 radical (unpaired) electrons. The molecule has 3 N–H and O–H groups in total. The predicted molar refractivity (Wildman–Crippen MR) is 75.1 cm³/mol. The Bertz CT molecular complexity index is 405. The monoisotopic (exact) mass is 308 g/mol. The average molecular weight is 309 g/mol. The molecule has 4 nitrogen and oxygen atoms in total. The Balaban J connectivity index is 0.00000361. The molecule has 0 aromatic heterocycles. The lowest BCUT2D eigenvalue weighted by molar-refractivity contribution is -0.134. The van der Waals surface area contributed by atoms with E-state index in [0.29, 0.717) is 12.2 Å². The summed E-state index contributed by atoms with van der Waals surface area (Å²) in [4.78, 5) is 11.9. The smallest absolute Gasteiger partial charge is 0.277 e. The van der Waals surface area contributed by atoms with Gasteiger partial charge in [0, 0.05) is 6.61 Å². The number of carbonyl (C=O) groups excluding carboxylic acids is 1. The minimum absolute atomic E-state index is 0. The molecule has 114 valence electrons. The number of benzene rings is 1. The first-order chi connectivity index (χ1) is 9.00. The Morgan fingerprint density at radius 1 is 1.40 bits per heavy atom. The van der Waals surface area contributed by atoms with Gasteiger partial charge in [-0.3, -0.25) is 4.79 Å². The number of carbonyl (C=O) groups is 1. The number of hydrogen-bond donors (Lipinski definition) is 2. The van der Waals surface area contributed by atoms with Crippen LogP contribution in [0.3, 0.4) is 0 Å². The fraction of sp³-hybridized carbons (Fsp3) is 0.462. The SMILES string of the molecule is CCOC(C(=O)NCC(F)(F)CN)c1ccccc1.Cl. The molecule has 1 amide bonds. The van der Waals surface area contributed by atoms with Crippen molar-refractivity contribution >= 4 is 18.3 Å². The van der Waals surface area contributed by atoms with Crippen molar-refractivity contribution in [3.63, 3.8) is 0 Å². The number of hydrogen-bond acceptors (Lipinski definition) is 3. The number of rotatable bonds is 7. The van der Waals surface area contributed by atoms with Crippen LogP contribution in [0, 0.1) is 0 Å². The van der Waals surface area contributed by atoms with Gasteiger partial charge in [0.1, 0.15) is 0 Å². The maximum Gasteiger partial charge on any atom is 0.277 e. The number of alkyl halides is 2. The van der Waals surface area contributed by atoms with E-state index in [1.165, 1.54) is 0 Å². The Kier molecular flexibility index (Phi) is 8.29. The molecule has 0 heterocycles. The number of nitrogens with one attached hydrogen (secondary N) is 1. The molecule has 0 aliphatic heterocycles. The normalized spacial score (nSPS) is 12.4. The predicted octanol–water partition coefficient (Wildman–Crippen LogP) is 1.90. The maximum absolute atomic E-state index is 13.0. The molecule has 0 spiro atoms. The van der Waals surface area contributed by atoms with E-state index in [1.807, 2.05) is 0 Å². The summed E-state index contributed by atoms with van der Waals surface area (Å²) in [6, 6.07) is 8.72. The van der Waals surface area contributed by atoms with Gasteiger partial charge in [-0.1, -0.05) is 30.3 Å². The van der Waals surface area contributed by atoms with Gasteiger partial charge in [0.2, 0.25) is 0 Å². The van der Waals surface area contributed by atoms with E-state index < -0.39 is 31.0 Å². The van der Waals surface area contributed by atoms with E-state index in [0.717, 1.165) is 0 Å². The van der Waals surface area contributed by atoms with E-state index >= 15 is 0 Å². The molecular weight excluding hydrogens is 290 g/mol. The quantitative estimate of drug-likeness (QED) is 0.808. The Morgan fingerprint density at radius 2 is 2.00 bits per heavy atom. The van der Waals surface area contributed by atoms with Gasteiger partial charge in [-0.15, -0.1) is 12.4 Å². The number of ether oxygens (including phenoxy) is 1. The molecule has 1 unspecified atom stereocenters. The van der Waals surface area contributed by atoms with Crippen LogP contribution >= 0.6 is 12.4 Å².